The molecule has 24 heavy (non-hydrogen) atoms. The molecule has 1 saturated carbocycles. The van der Waals surface area contributed by atoms with Gasteiger partial charge in [-0.3, -0.25) is 0 Å². The van der Waals surface area contributed by atoms with Gasteiger partial charge in [0, 0.05) is 25.6 Å². The Kier molecular flexibility index (Phi) is 7.10. The van der Waals surface area contributed by atoms with Gasteiger partial charge >= 0.3 is 6.03 Å². The van der Waals surface area contributed by atoms with Crippen LogP contribution in [0.5, 0.6) is 0 Å². The first-order valence-corrected chi connectivity index (χ1v) is 9.21. The van der Waals surface area contributed by atoms with Gasteiger partial charge in [-0.05, 0) is 50.5 Å². The third kappa shape index (κ3) is 5.52. The molecule has 4 heteroatoms. The minimum absolute atomic E-state index is 0.000997. The van der Waals surface area contributed by atoms with E-state index >= 15 is 0 Å². The number of hydrogen-bond acceptors (Lipinski definition) is 2. The second kappa shape index (κ2) is 9.07. The lowest BCUT2D eigenvalue weighted by Crippen LogP contribution is -2.46. The van der Waals surface area contributed by atoms with Crippen LogP contribution in [0.3, 0.4) is 0 Å². The zero-order valence-corrected chi connectivity index (χ0v) is 15.2. The predicted octanol–water partition coefficient (Wildman–Crippen LogP) is 3.76. The summed E-state index contributed by atoms with van der Waals surface area (Å²) in [4.78, 5) is 14.4. The van der Waals surface area contributed by atoms with E-state index in [0.717, 1.165) is 24.3 Å². The van der Waals surface area contributed by atoms with Crippen molar-refractivity contribution in [2.24, 2.45) is 5.92 Å². The standard InChI is InChI=1S/C20H32N2O2/c1-15-9-11-19(12-10-15)22(3)20(24)21-14-18(13-16(2)23)17-7-5-4-6-8-17/h4-8,15-16,18-19,23H,9-14H2,1-3H3,(H,21,24). The SMILES string of the molecule is CC(O)CC(CNC(=O)N(C)C1CCC(C)CC1)c1ccccc1. The van der Waals surface area contributed by atoms with Crippen molar-refractivity contribution in [1.29, 1.82) is 0 Å². The molecule has 0 aromatic heterocycles. The maximum absolute atomic E-state index is 12.5. The molecule has 0 spiro atoms. The summed E-state index contributed by atoms with van der Waals surface area (Å²) in [5, 5.41) is 12.8. The Morgan fingerprint density at radius 1 is 1.25 bits per heavy atom. The number of nitrogens with one attached hydrogen (secondary N) is 1. The van der Waals surface area contributed by atoms with Crippen LogP contribution in [0, 0.1) is 5.92 Å². The summed E-state index contributed by atoms with van der Waals surface area (Å²) >= 11 is 0. The van der Waals surface area contributed by atoms with Crippen molar-refractivity contribution >= 4 is 6.03 Å². The van der Waals surface area contributed by atoms with Crippen molar-refractivity contribution in [2.45, 2.75) is 64.0 Å². The minimum atomic E-state index is -0.385. The molecule has 0 bridgehead atoms. The summed E-state index contributed by atoms with van der Waals surface area (Å²) < 4.78 is 0. The molecule has 0 radical (unpaired) electrons. The fourth-order valence-electron chi connectivity index (χ4n) is 3.61. The Labute approximate surface area is 146 Å². The Balaban J connectivity index is 1.89. The van der Waals surface area contributed by atoms with E-state index in [9.17, 15) is 9.90 Å². The largest absolute Gasteiger partial charge is 0.393 e. The van der Waals surface area contributed by atoms with Crippen molar-refractivity contribution in [3.05, 3.63) is 35.9 Å². The molecule has 2 N–H and O–H groups in total. The van der Waals surface area contributed by atoms with Crippen molar-refractivity contribution in [2.75, 3.05) is 13.6 Å². The van der Waals surface area contributed by atoms with Gasteiger partial charge in [0.25, 0.3) is 0 Å². The summed E-state index contributed by atoms with van der Waals surface area (Å²) in [5.41, 5.74) is 1.16. The van der Waals surface area contributed by atoms with E-state index in [1.54, 1.807) is 6.92 Å². The highest BCUT2D eigenvalue weighted by Gasteiger charge is 2.25. The number of aliphatic hydroxyl groups is 1. The van der Waals surface area contributed by atoms with Crippen LogP contribution < -0.4 is 5.32 Å². The fraction of sp³-hybridized carbons (Fsp3) is 0.650. The van der Waals surface area contributed by atoms with Crippen LogP contribution in [0.1, 0.15) is 57.4 Å². The lowest BCUT2D eigenvalue weighted by atomic mass is 9.87. The normalized spacial score (nSPS) is 23.3. The Hall–Kier alpha value is -1.55. The average Bonchev–Trinajstić information content (AvgIpc) is 2.59. The summed E-state index contributed by atoms with van der Waals surface area (Å²) in [6, 6.07) is 10.5. The van der Waals surface area contributed by atoms with Gasteiger partial charge < -0.3 is 15.3 Å². The van der Waals surface area contributed by atoms with E-state index in [1.807, 2.05) is 30.1 Å². The summed E-state index contributed by atoms with van der Waals surface area (Å²) in [6.07, 6.45) is 4.87. The zero-order chi connectivity index (χ0) is 17.5. The number of nitrogens with zero attached hydrogens (tertiary/aromatic N) is 1. The minimum Gasteiger partial charge on any atom is -0.393 e. The lowest BCUT2D eigenvalue weighted by Gasteiger charge is -2.34. The summed E-state index contributed by atoms with van der Waals surface area (Å²) in [7, 11) is 1.90. The molecule has 1 aliphatic rings. The first-order valence-electron chi connectivity index (χ1n) is 9.21. The van der Waals surface area contributed by atoms with Crippen LogP contribution in [0.2, 0.25) is 0 Å². The van der Waals surface area contributed by atoms with Crippen LogP contribution in [0.15, 0.2) is 30.3 Å². The highest BCUT2D eigenvalue weighted by Crippen LogP contribution is 2.26. The summed E-state index contributed by atoms with van der Waals surface area (Å²) in [6.45, 7) is 4.64. The number of carbonyl (C=O) groups is 1. The van der Waals surface area contributed by atoms with Crippen molar-refractivity contribution in [3.63, 3.8) is 0 Å². The Morgan fingerprint density at radius 2 is 1.88 bits per heavy atom. The van der Waals surface area contributed by atoms with Crippen molar-refractivity contribution in [1.82, 2.24) is 10.2 Å². The molecule has 4 nitrogen and oxygen atoms in total. The average molecular weight is 332 g/mol. The van der Waals surface area contributed by atoms with Crippen LogP contribution in [-0.2, 0) is 0 Å². The predicted molar refractivity (Wildman–Crippen MR) is 98.1 cm³/mol. The molecule has 1 aliphatic carbocycles. The van der Waals surface area contributed by atoms with Crippen LogP contribution in [-0.4, -0.2) is 41.8 Å². The van der Waals surface area contributed by atoms with Gasteiger partial charge in [-0.2, -0.15) is 0 Å². The number of aliphatic hydroxyl groups excluding tert-OH is 1. The molecular weight excluding hydrogens is 300 g/mol. The molecule has 0 aliphatic heterocycles. The second-order valence-corrected chi connectivity index (χ2v) is 7.40. The number of urea groups is 1. The maximum Gasteiger partial charge on any atom is 0.317 e. The fourth-order valence-corrected chi connectivity index (χ4v) is 3.61. The van der Waals surface area contributed by atoms with Gasteiger partial charge in [0.05, 0.1) is 6.10 Å². The highest BCUT2D eigenvalue weighted by molar-refractivity contribution is 5.74. The summed E-state index contributed by atoms with van der Waals surface area (Å²) in [5.74, 6) is 0.918. The Bertz CT molecular complexity index is 496. The van der Waals surface area contributed by atoms with E-state index < -0.39 is 0 Å². The van der Waals surface area contributed by atoms with Crippen LogP contribution >= 0.6 is 0 Å². The number of benzene rings is 1. The van der Waals surface area contributed by atoms with E-state index in [2.05, 4.69) is 24.4 Å². The highest BCUT2D eigenvalue weighted by atomic mass is 16.3. The molecular formula is C20H32N2O2. The molecule has 2 rings (SSSR count). The van der Waals surface area contributed by atoms with Crippen LogP contribution in [0.25, 0.3) is 0 Å². The molecule has 2 amide bonds. The molecule has 134 valence electrons. The molecule has 1 aromatic carbocycles. The smallest absolute Gasteiger partial charge is 0.317 e. The Morgan fingerprint density at radius 3 is 2.46 bits per heavy atom. The molecule has 0 heterocycles. The molecule has 0 saturated heterocycles. The quantitative estimate of drug-likeness (QED) is 0.833. The van der Waals surface area contributed by atoms with E-state index in [0.29, 0.717) is 19.0 Å². The van der Waals surface area contributed by atoms with Gasteiger partial charge in [0.2, 0.25) is 0 Å². The van der Waals surface area contributed by atoms with E-state index in [-0.39, 0.29) is 18.1 Å². The van der Waals surface area contributed by atoms with Crippen molar-refractivity contribution < 1.29 is 9.90 Å². The van der Waals surface area contributed by atoms with Gasteiger partial charge in [-0.25, -0.2) is 4.79 Å². The number of amides is 2. The third-order valence-electron chi connectivity index (χ3n) is 5.25. The maximum atomic E-state index is 12.5. The lowest BCUT2D eigenvalue weighted by molar-refractivity contribution is 0.158. The molecule has 1 aromatic rings. The second-order valence-electron chi connectivity index (χ2n) is 7.40. The topological polar surface area (TPSA) is 52.6 Å². The number of hydrogen-bond donors (Lipinski definition) is 2. The monoisotopic (exact) mass is 332 g/mol. The molecule has 1 fully saturated rings. The van der Waals surface area contributed by atoms with Gasteiger partial charge in [-0.1, -0.05) is 37.3 Å². The third-order valence-corrected chi connectivity index (χ3v) is 5.25. The van der Waals surface area contributed by atoms with Crippen LogP contribution in [0.4, 0.5) is 4.79 Å². The first kappa shape index (κ1) is 18.8. The van der Waals surface area contributed by atoms with Gasteiger partial charge in [-0.15, -0.1) is 0 Å². The van der Waals surface area contributed by atoms with E-state index in [4.69, 9.17) is 0 Å². The van der Waals surface area contributed by atoms with Gasteiger partial charge in [0.1, 0.15) is 0 Å². The van der Waals surface area contributed by atoms with Gasteiger partial charge in [0.15, 0.2) is 0 Å². The van der Waals surface area contributed by atoms with Crippen molar-refractivity contribution in [3.8, 4) is 0 Å². The first-order chi connectivity index (χ1) is 11.5. The molecule has 2 atom stereocenters. The van der Waals surface area contributed by atoms with E-state index in [1.165, 1.54) is 12.8 Å². The number of rotatable bonds is 6. The zero-order valence-electron chi connectivity index (χ0n) is 15.2. The molecule has 2 unspecified atom stereocenters. The number of carbonyl (C=O) groups excluding carboxylic acids is 1.